The maximum Gasteiger partial charge on any atom is 0.169 e. The summed E-state index contributed by atoms with van der Waals surface area (Å²) in [6.07, 6.45) is 8.71. The molecule has 0 spiro atoms. The van der Waals surface area contributed by atoms with Gasteiger partial charge < -0.3 is 15.1 Å². The Morgan fingerprint density at radius 2 is 1.88 bits per heavy atom. The molecule has 2 rings (SSSR count). The molecule has 1 aromatic carbocycles. The predicted octanol–water partition coefficient (Wildman–Crippen LogP) is 5.08. The third kappa shape index (κ3) is 7.05. The van der Waals surface area contributed by atoms with Gasteiger partial charge in [0.2, 0.25) is 0 Å². The van der Waals surface area contributed by atoms with Crippen LogP contribution in [-0.2, 0) is 6.54 Å². The summed E-state index contributed by atoms with van der Waals surface area (Å²) in [5.74, 6) is 0. The first-order valence-electron chi connectivity index (χ1n) is 10.1. The molecule has 26 heavy (non-hydrogen) atoms. The van der Waals surface area contributed by atoms with Crippen molar-refractivity contribution < 1.29 is 0 Å². The average Bonchev–Trinajstić information content (AvgIpc) is 2.64. The summed E-state index contributed by atoms with van der Waals surface area (Å²) >= 11 is 12.2. The van der Waals surface area contributed by atoms with Gasteiger partial charge in [0.25, 0.3) is 0 Å². The molecule has 0 aliphatic carbocycles. The number of nitrogens with zero attached hydrogens (tertiary/aromatic N) is 2. The minimum Gasteiger partial charge on any atom is -0.363 e. The van der Waals surface area contributed by atoms with Crippen LogP contribution in [0.4, 0.5) is 0 Å². The van der Waals surface area contributed by atoms with E-state index in [1.54, 1.807) is 0 Å². The van der Waals surface area contributed by atoms with Gasteiger partial charge in [0.1, 0.15) is 0 Å². The third-order valence-corrected chi connectivity index (χ3v) is 5.99. The van der Waals surface area contributed by atoms with Gasteiger partial charge in [-0.3, -0.25) is 0 Å². The van der Waals surface area contributed by atoms with E-state index in [1.165, 1.54) is 32.1 Å². The second-order valence-corrected chi connectivity index (χ2v) is 8.19. The van der Waals surface area contributed by atoms with Crippen LogP contribution >= 0.6 is 23.8 Å². The van der Waals surface area contributed by atoms with Gasteiger partial charge in [-0.25, -0.2) is 0 Å². The van der Waals surface area contributed by atoms with Crippen molar-refractivity contribution in [1.29, 1.82) is 0 Å². The van der Waals surface area contributed by atoms with E-state index >= 15 is 0 Å². The molecule has 0 bridgehead atoms. The molecule has 3 nitrogen and oxygen atoms in total. The van der Waals surface area contributed by atoms with E-state index in [1.807, 2.05) is 12.1 Å². The number of halogens is 1. The van der Waals surface area contributed by atoms with Crippen LogP contribution in [0.2, 0.25) is 5.02 Å². The van der Waals surface area contributed by atoms with Crippen LogP contribution in [0, 0.1) is 0 Å². The fourth-order valence-corrected chi connectivity index (χ4v) is 4.02. The molecular formula is C21H34ClN3S. The van der Waals surface area contributed by atoms with Crippen molar-refractivity contribution >= 4 is 28.9 Å². The number of unbranched alkanes of at least 4 members (excludes halogenated alkanes) is 4. The Morgan fingerprint density at radius 3 is 2.58 bits per heavy atom. The predicted molar refractivity (Wildman–Crippen MR) is 117 cm³/mol. The molecule has 1 fully saturated rings. The summed E-state index contributed by atoms with van der Waals surface area (Å²) in [5, 5.41) is 5.22. The summed E-state index contributed by atoms with van der Waals surface area (Å²) in [6, 6.07) is 8.60. The third-order valence-electron chi connectivity index (χ3n) is 5.24. The fourth-order valence-electron chi connectivity index (χ4n) is 3.51. The van der Waals surface area contributed by atoms with Crippen molar-refractivity contribution in [3.05, 3.63) is 34.9 Å². The molecule has 5 heteroatoms. The maximum atomic E-state index is 6.41. The van der Waals surface area contributed by atoms with E-state index in [0.717, 1.165) is 54.7 Å². The minimum absolute atomic E-state index is 0.488. The Kier molecular flexibility index (Phi) is 9.73. The Labute approximate surface area is 170 Å². The number of likely N-dealkylation sites (tertiary alicyclic amines) is 1. The Hall–Kier alpha value is -0.840. The van der Waals surface area contributed by atoms with E-state index in [2.05, 4.69) is 41.2 Å². The monoisotopic (exact) mass is 395 g/mol. The van der Waals surface area contributed by atoms with E-state index in [4.69, 9.17) is 23.8 Å². The number of piperidine rings is 1. The van der Waals surface area contributed by atoms with Gasteiger partial charge in [0.05, 0.1) is 0 Å². The maximum absolute atomic E-state index is 6.41. The molecule has 0 radical (unpaired) electrons. The minimum atomic E-state index is 0.488. The smallest absolute Gasteiger partial charge is 0.169 e. The number of hydrogen-bond acceptors (Lipinski definition) is 2. The van der Waals surface area contributed by atoms with E-state index in [9.17, 15) is 0 Å². The van der Waals surface area contributed by atoms with Crippen LogP contribution in [0.5, 0.6) is 0 Å². The van der Waals surface area contributed by atoms with Crippen molar-refractivity contribution in [3.8, 4) is 0 Å². The molecule has 1 aliphatic rings. The number of hydrogen-bond donors (Lipinski definition) is 1. The lowest BCUT2D eigenvalue weighted by Gasteiger charge is -2.39. The van der Waals surface area contributed by atoms with Crippen molar-refractivity contribution in [3.63, 3.8) is 0 Å². The summed E-state index contributed by atoms with van der Waals surface area (Å²) < 4.78 is 0. The molecular weight excluding hydrogens is 362 g/mol. The largest absolute Gasteiger partial charge is 0.363 e. The molecule has 0 aromatic heterocycles. The number of nitrogens with one attached hydrogen (secondary N) is 1. The molecule has 1 aromatic rings. The van der Waals surface area contributed by atoms with Gasteiger partial charge >= 0.3 is 0 Å². The first kappa shape index (κ1) is 21.5. The average molecular weight is 396 g/mol. The Morgan fingerprint density at radius 1 is 1.19 bits per heavy atom. The first-order chi connectivity index (χ1) is 12.6. The zero-order valence-electron chi connectivity index (χ0n) is 16.3. The van der Waals surface area contributed by atoms with Crippen molar-refractivity contribution in [2.45, 2.75) is 64.5 Å². The molecule has 1 aliphatic heterocycles. The zero-order valence-corrected chi connectivity index (χ0v) is 17.9. The van der Waals surface area contributed by atoms with E-state index in [0.29, 0.717) is 6.04 Å². The number of thiocarbonyl (C=S) groups is 1. The van der Waals surface area contributed by atoms with Crippen LogP contribution < -0.4 is 5.32 Å². The standard InChI is InChI=1S/C21H34ClN3S/c1-3-4-5-6-9-14-23-21(26)25(19-12-15-24(2)16-13-19)17-18-10-7-8-11-20(18)22/h7-8,10-11,19H,3-6,9,12-17H2,1-2H3,(H,23,26). The molecule has 1 N–H and O–H groups in total. The van der Waals surface area contributed by atoms with Gasteiger partial charge in [-0.1, -0.05) is 62.4 Å². The Balaban J connectivity index is 1.93. The van der Waals surface area contributed by atoms with Gasteiger partial charge in [0.15, 0.2) is 5.11 Å². The molecule has 0 saturated carbocycles. The normalized spacial score (nSPS) is 15.8. The number of benzene rings is 1. The molecule has 0 atom stereocenters. The molecule has 0 unspecified atom stereocenters. The topological polar surface area (TPSA) is 18.5 Å². The summed E-state index contributed by atoms with van der Waals surface area (Å²) in [7, 11) is 2.20. The fraction of sp³-hybridized carbons (Fsp3) is 0.667. The second-order valence-electron chi connectivity index (χ2n) is 7.40. The summed E-state index contributed by atoms with van der Waals surface area (Å²) in [5.41, 5.74) is 1.15. The zero-order chi connectivity index (χ0) is 18.8. The first-order valence-corrected chi connectivity index (χ1v) is 10.9. The highest BCUT2D eigenvalue weighted by atomic mass is 35.5. The molecule has 0 amide bonds. The van der Waals surface area contributed by atoms with E-state index < -0.39 is 0 Å². The van der Waals surface area contributed by atoms with E-state index in [-0.39, 0.29) is 0 Å². The lowest BCUT2D eigenvalue weighted by Crippen LogP contribution is -2.49. The summed E-state index contributed by atoms with van der Waals surface area (Å²) in [4.78, 5) is 4.77. The number of rotatable bonds is 9. The van der Waals surface area contributed by atoms with Crippen LogP contribution in [-0.4, -0.2) is 47.6 Å². The Bertz CT molecular complexity index is 544. The van der Waals surface area contributed by atoms with Crippen LogP contribution in [0.3, 0.4) is 0 Å². The van der Waals surface area contributed by atoms with Crippen LogP contribution in [0.25, 0.3) is 0 Å². The highest BCUT2D eigenvalue weighted by molar-refractivity contribution is 7.80. The molecule has 1 heterocycles. The van der Waals surface area contributed by atoms with Crippen molar-refractivity contribution in [2.75, 3.05) is 26.7 Å². The summed E-state index contributed by atoms with van der Waals surface area (Å²) in [6.45, 7) is 6.26. The lowest BCUT2D eigenvalue weighted by atomic mass is 10.0. The van der Waals surface area contributed by atoms with Crippen molar-refractivity contribution in [2.24, 2.45) is 0 Å². The van der Waals surface area contributed by atoms with Crippen molar-refractivity contribution in [1.82, 2.24) is 15.1 Å². The highest BCUT2D eigenvalue weighted by Gasteiger charge is 2.25. The lowest BCUT2D eigenvalue weighted by molar-refractivity contribution is 0.171. The van der Waals surface area contributed by atoms with Gasteiger partial charge in [-0.15, -0.1) is 0 Å². The van der Waals surface area contributed by atoms with Crippen LogP contribution in [0.15, 0.2) is 24.3 Å². The van der Waals surface area contributed by atoms with Gasteiger partial charge in [-0.05, 0) is 63.2 Å². The second kappa shape index (κ2) is 11.8. The molecule has 1 saturated heterocycles. The highest BCUT2D eigenvalue weighted by Crippen LogP contribution is 2.22. The van der Waals surface area contributed by atoms with Gasteiger partial charge in [0, 0.05) is 24.2 Å². The van der Waals surface area contributed by atoms with Gasteiger partial charge in [-0.2, -0.15) is 0 Å². The van der Waals surface area contributed by atoms with Crippen LogP contribution in [0.1, 0.15) is 57.4 Å². The SMILES string of the molecule is CCCCCCCNC(=S)N(Cc1ccccc1Cl)C1CCN(C)CC1. The quantitative estimate of drug-likeness (QED) is 0.464. The molecule has 146 valence electrons.